The number of halogens is 1. The van der Waals surface area contributed by atoms with Gasteiger partial charge in [0.1, 0.15) is 12.3 Å². The van der Waals surface area contributed by atoms with Crippen molar-refractivity contribution in [2.45, 2.75) is 50.5 Å². The highest BCUT2D eigenvalue weighted by Gasteiger charge is 2.51. The molecule has 2 rings (SSSR count). The summed E-state index contributed by atoms with van der Waals surface area (Å²) in [6, 6.07) is 8.44. The van der Waals surface area contributed by atoms with Crippen molar-refractivity contribution in [3.63, 3.8) is 0 Å². The Morgan fingerprint density at radius 3 is 2.58 bits per heavy atom. The number of carbonyl (C=O) groups excluding carboxylic acids is 1. The molecule has 0 spiro atoms. The van der Waals surface area contributed by atoms with Crippen LogP contribution in [-0.4, -0.2) is 58.5 Å². The summed E-state index contributed by atoms with van der Waals surface area (Å²) in [5, 5.41) is 19.7. The highest BCUT2D eigenvalue weighted by atomic mass is 19.1. The first kappa shape index (κ1) is 18.8. The minimum atomic E-state index is -1.59. The van der Waals surface area contributed by atoms with E-state index in [0.29, 0.717) is 13.0 Å². The minimum Gasteiger partial charge on any atom is -0.395 e. The molecule has 0 aromatic heterocycles. The third kappa shape index (κ3) is 3.94. The van der Waals surface area contributed by atoms with E-state index in [1.807, 2.05) is 30.3 Å². The van der Waals surface area contributed by atoms with Gasteiger partial charge in [-0.15, -0.1) is 0 Å². The molecule has 0 aliphatic carbocycles. The van der Waals surface area contributed by atoms with Gasteiger partial charge in [0.15, 0.2) is 0 Å². The maximum atomic E-state index is 14.6. The standard InChI is InChI=1S/C18H27FN2O3/c1-2-13(18(20)24)16-15(19)17(23)14(11-22)21(16)10-6-9-12-7-4-3-5-8-12/h3-5,7-8,13-17,22-23H,2,6,9-11H2,1H3,(H2,20,24). The van der Waals surface area contributed by atoms with Gasteiger partial charge < -0.3 is 15.9 Å². The Morgan fingerprint density at radius 1 is 1.38 bits per heavy atom. The van der Waals surface area contributed by atoms with Crippen molar-refractivity contribution >= 4 is 5.91 Å². The summed E-state index contributed by atoms with van der Waals surface area (Å²) >= 11 is 0. The van der Waals surface area contributed by atoms with Gasteiger partial charge in [0.05, 0.1) is 24.6 Å². The predicted octanol–water partition coefficient (Wildman–Crippen LogP) is 0.875. The summed E-state index contributed by atoms with van der Waals surface area (Å²) in [5.74, 6) is -1.24. The van der Waals surface area contributed by atoms with Crippen LogP contribution < -0.4 is 5.73 Å². The lowest BCUT2D eigenvalue weighted by Crippen LogP contribution is -2.48. The fraction of sp³-hybridized carbons (Fsp3) is 0.611. The number of nitrogens with zero attached hydrogens (tertiary/aromatic N) is 1. The van der Waals surface area contributed by atoms with Gasteiger partial charge in [0, 0.05) is 0 Å². The van der Waals surface area contributed by atoms with E-state index in [-0.39, 0.29) is 6.61 Å². The molecule has 5 nitrogen and oxygen atoms in total. The van der Waals surface area contributed by atoms with Gasteiger partial charge in [-0.1, -0.05) is 37.3 Å². The third-order valence-corrected chi connectivity index (χ3v) is 4.98. The lowest BCUT2D eigenvalue weighted by atomic mass is 9.92. The highest BCUT2D eigenvalue weighted by molar-refractivity contribution is 5.77. The first-order valence-corrected chi connectivity index (χ1v) is 8.53. The number of benzene rings is 1. The molecule has 1 aromatic rings. The van der Waals surface area contributed by atoms with Gasteiger partial charge in [-0.25, -0.2) is 4.39 Å². The number of alkyl halides is 1. The number of hydrogen-bond acceptors (Lipinski definition) is 4. The number of hydrogen-bond donors (Lipinski definition) is 3. The zero-order valence-corrected chi connectivity index (χ0v) is 14.0. The molecule has 1 saturated heterocycles. The number of aliphatic hydroxyl groups excluding tert-OH is 2. The number of aryl methyl sites for hydroxylation is 1. The van der Waals surface area contributed by atoms with Crippen molar-refractivity contribution in [3.05, 3.63) is 35.9 Å². The van der Waals surface area contributed by atoms with Crippen LogP contribution in [0.3, 0.4) is 0 Å². The zero-order chi connectivity index (χ0) is 17.7. The predicted molar refractivity (Wildman–Crippen MR) is 90.0 cm³/mol. The van der Waals surface area contributed by atoms with E-state index in [2.05, 4.69) is 0 Å². The second-order valence-electron chi connectivity index (χ2n) is 6.42. The van der Waals surface area contributed by atoms with Crippen molar-refractivity contribution in [2.24, 2.45) is 11.7 Å². The van der Waals surface area contributed by atoms with Crippen LogP contribution in [0.25, 0.3) is 0 Å². The molecule has 6 heteroatoms. The molecule has 0 bridgehead atoms. The number of nitrogens with two attached hydrogens (primary N) is 1. The number of rotatable bonds is 8. The number of carbonyl (C=O) groups is 1. The van der Waals surface area contributed by atoms with Gasteiger partial charge in [-0.2, -0.15) is 0 Å². The molecule has 1 aliphatic heterocycles. The van der Waals surface area contributed by atoms with Crippen molar-refractivity contribution in [1.82, 2.24) is 4.90 Å². The van der Waals surface area contributed by atoms with Crippen LogP contribution in [0.4, 0.5) is 4.39 Å². The summed E-state index contributed by atoms with van der Waals surface area (Å²) in [7, 11) is 0. The monoisotopic (exact) mass is 338 g/mol. The van der Waals surface area contributed by atoms with Crippen molar-refractivity contribution in [2.75, 3.05) is 13.2 Å². The van der Waals surface area contributed by atoms with Crippen LogP contribution in [0.15, 0.2) is 30.3 Å². The van der Waals surface area contributed by atoms with Crippen LogP contribution in [-0.2, 0) is 11.2 Å². The second kappa shape index (κ2) is 8.55. The molecular weight excluding hydrogens is 311 g/mol. The summed E-state index contributed by atoms with van der Waals surface area (Å²) in [5.41, 5.74) is 6.60. The molecule has 0 radical (unpaired) electrons. The average molecular weight is 338 g/mol. The van der Waals surface area contributed by atoms with Crippen LogP contribution in [0.2, 0.25) is 0 Å². The largest absolute Gasteiger partial charge is 0.395 e. The van der Waals surface area contributed by atoms with Gasteiger partial charge in [-0.3, -0.25) is 9.69 Å². The number of aliphatic hydroxyl groups is 2. The lowest BCUT2D eigenvalue weighted by Gasteiger charge is -2.32. The Kier molecular flexibility index (Phi) is 6.71. The van der Waals surface area contributed by atoms with Gasteiger partial charge in [0.25, 0.3) is 0 Å². The first-order chi connectivity index (χ1) is 11.5. The number of amides is 1. The molecule has 5 unspecified atom stereocenters. The van der Waals surface area contributed by atoms with Crippen LogP contribution in [0, 0.1) is 5.92 Å². The summed E-state index contributed by atoms with van der Waals surface area (Å²) in [6.45, 7) is 1.92. The molecule has 5 atom stereocenters. The fourth-order valence-corrected chi connectivity index (χ4v) is 3.72. The Morgan fingerprint density at radius 2 is 2.04 bits per heavy atom. The van der Waals surface area contributed by atoms with Crippen molar-refractivity contribution in [1.29, 1.82) is 0 Å². The maximum Gasteiger partial charge on any atom is 0.222 e. The van der Waals surface area contributed by atoms with Gasteiger partial charge in [-0.05, 0) is 31.4 Å². The first-order valence-electron chi connectivity index (χ1n) is 8.53. The van der Waals surface area contributed by atoms with E-state index in [9.17, 15) is 19.4 Å². The molecular formula is C18H27FN2O3. The normalized spacial score (nSPS) is 28.8. The highest BCUT2D eigenvalue weighted by Crippen LogP contribution is 2.33. The average Bonchev–Trinajstić information content (AvgIpc) is 2.81. The van der Waals surface area contributed by atoms with Crippen LogP contribution in [0.5, 0.6) is 0 Å². The third-order valence-electron chi connectivity index (χ3n) is 4.98. The Labute approximate surface area is 142 Å². The summed E-state index contributed by atoms with van der Waals surface area (Å²) in [4.78, 5) is 13.4. The van der Waals surface area contributed by atoms with E-state index < -0.39 is 36.2 Å². The quantitative estimate of drug-likeness (QED) is 0.657. The van der Waals surface area contributed by atoms with E-state index in [1.54, 1.807) is 11.8 Å². The number of primary amides is 1. The van der Waals surface area contributed by atoms with Crippen LogP contribution in [0.1, 0.15) is 25.3 Å². The summed E-state index contributed by atoms with van der Waals surface area (Å²) in [6.07, 6.45) is -0.934. The fourth-order valence-electron chi connectivity index (χ4n) is 3.72. The topological polar surface area (TPSA) is 86.8 Å². The molecule has 4 N–H and O–H groups in total. The minimum absolute atomic E-state index is 0.349. The maximum absolute atomic E-state index is 14.6. The summed E-state index contributed by atoms with van der Waals surface area (Å²) < 4.78 is 14.6. The molecule has 1 aromatic carbocycles. The van der Waals surface area contributed by atoms with E-state index in [0.717, 1.165) is 12.8 Å². The van der Waals surface area contributed by atoms with E-state index in [1.165, 1.54) is 5.56 Å². The smallest absolute Gasteiger partial charge is 0.222 e. The van der Waals surface area contributed by atoms with Crippen LogP contribution >= 0.6 is 0 Å². The van der Waals surface area contributed by atoms with E-state index in [4.69, 9.17) is 5.73 Å². The zero-order valence-electron chi connectivity index (χ0n) is 14.0. The molecule has 1 fully saturated rings. The second-order valence-corrected chi connectivity index (χ2v) is 6.42. The van der Waals surface area contributed by atoms with Gasteiger partial charge in [0.2, 0.25) is 5.91 Å². The van der Waals surface area contributed by atoms with E-state index >= 15 is 0 Å². The Bertz CT molecular complexity index is 528. The molecule has 24 heavy (non-hydrogen) atoms. The molecule has 1 heterocycles. The lowest BCUT2D eigenvalue weighted by molar-refractivity contribution is -0.124. The van der Waals surface area contributed by atoms with Crippen molar-refractivity contribution in [3.8, 4) is 0 Å². The molecule has 1 amide bonds. The van der Waals surface area contributed by atoms with Gasteiger partial charge >= 0.3 is 0 Å². The van der Waals surface area contributed by atoms with Crippen molar-refractivity contribution < 1.29 is 19.4 Å². The molecule has 134 valence electrons. The SMILES string of the molecule is CCC(C(N)=O)C1C(F)C(O)C(CO)N1CCCc1ccccc1. The Hall–Kier alpha value is -1.50. The molecule has 0 saturated carbocycles. The number of likely N-dealkylation sites (tertiary alicyclic amines) is 1. The molecule has 1 aliphatic rings. The Balaban J connectivity index is 2.10.